The number of ether oxygens (including phenoxy) is 1. The van der Waals surface area contributed by atoms with Crippen molar-refractivity contribution in [1.82, 2.24) is 5.32 Å². The molecule has 3 rings (SSSR count). The molecule has 72 valence electrons. The Labute approximate surface area is 81.8 Å². The molecule has 4 heteroatoms. The normalized spacial score (nSPS) is 33.4. The quantitative estimate of drug-likeness (QED) is 0.621. The fourth-order valence-corrected chi connectivity index (χ4v) is 1.94. The van der Waals surface area contributed by atoms with Crippen molar-refractivity contribution in [3.63, 3.8) is 0 Å². The summed E-state index contributed by atoms with van der Waals surface area (Å²) in [5.41, 5.74) is 6.85. The monoisotopic (exact) mass is 189 g/mol. The highest BCUT2D eigenvalue weighted by Gasteiger charge is 2.35. The topological polar surface area (TPSA) is 59.6 Å². The number of nitrogens with zero attached hydrogens (tertiary/aromatic N) is 1. The zero-order chi connectivity index (χ0) is 9.54. The van der Waals surface area contributed by atoms with Crippen LogP contribution in [0.2, 0.25) is 0 Å². The first-order chi connectivity index (χ1) is 6.84. The minimum atomic E-state index is -0.314. The van der Waals surface area contributed by atoms with Crippen LogP contribution in [0.3, 0.4) is 0 Å². The summed E-state index contributed by atoms with van der Waals surface area (Å²) in [7, 11) is 0. The van der Waals surface area contributed by atoms with Crippen molar-refractivity contribution in [1.29, 1.82) is 0 Å². The number of hydrogen-bond acceptors (Lipinski definition) is 4. The second-order valence-corrected chi connectivity index (χ2v) is 3.51. The highest BCUT2D eigenvalue weighted by atomic mass is 16.5. The first kappa shape index (κ1) is 7.96. The molecule has 2 heterocycles. The zero-order valence-corrected chi connectivity index (χ0v) is 7.55. The van der Waals surface area contributed by atoms with E-state index in [-0.39, 0.29) is 18.4 Å². The Balaban J connectivity index is 2.03. The molecule has 4 nitrogen and oxygen atoms in total. The number of nitrogens with one attached hydrogen (secondary N) is 1. The molecule has 0 amide bonds. The maximum atomic E-state index is 5.69. The van der Waals surface area contributed by atoms with E-state index in [4.69, 9.17) is 10.5 Å². The van der Waals surface area contributed by atoms with E-state index in [1.165, 1.54) is 5.56 Å². The number of hydrogen-bond donors (Lipinski definition) is 2. The summed E-state index contributed by atoms with van der Waals surface area (Å²) >= 11 is 0. The Morgan fingerprint density at radius 1 is 1.36 bits per heavy atom. The maximum Gasteiger partial charge on any atom is 0.153 e. The van der Waals surface area contributed by atoms with Crippen molar-refractivity contribution in [2.24, 2.45) is 10.7 Å². The first-order valence-electron chi connectivity index (χ1n) is 4.65. The van der Waals surface area contributed by atoms with Crippen LogP contribution in [0.25, 0.3) is 0 Å². The second-order valence-electron chi connectivity index (χ2n) is 3.51. The predicted molar refractivity (Wildman–Crippen MR) is 53.2 cm³/mol. The molecule has 0 saturated carbocycles. The van der Waals surface area contributed by atoms with E-state index < -0.39 is 0 Å². The molecular weight excluding hydrogens is 178 g/mol. The molecule has 0 saturated heterocycles. The van der Waals surface area contributed by atoms with Gasteiger partial charge in [-0.25, -0.2) is 0 Å². The summed E-state index contributed by atoms with van der Waals surface area (Å²) in [5.74, 6) is 0.926. The van der Waals surface area contributed by atoms with Gasteiger partial charge in [-0.2, -0.15) is 0 Å². The van der Waals surface area contributed by atoms with Crippen LogP contribution in [0.4, 0.5) is 0 Å². The highest BCUT2D eigenvalue weighted by Crippen LogP contribution is 2.36. The minimum Gasteiger partial charge on any atom is -0.482 e. The third-order valence-corrected chi connectivity index (χ3v) is 2.59. The summed E-state index contributed by atoms with van der Waals surface area (Å²) in [6.07, 6.45) is 1.46. The summed E-state index contributed by atoms with van der Waals surface area (Å²) < 4.78 is 5.69. The van der Waals surface area contributed by atoms with Gasteiger partial charge in [-0.3, -0.25) is 16.0 Å². The van der Waals surface area contributed by atoms with E-state index >= 15 is 0 Å². The molecule has 1 aromatic rings. The Morgan fingerprint density at radius 2 is 2.21 bits per heavy atom. The lowest BCUT2D eigenvalue weighted by Gasteiger charge is -2.24. The highest BCUT2D eigenvalue weighted by molar-refractivity contribution is 5.69. The van der Waals surface area contributed by atoms with Gasteiger partial charge in [-0.15, -0.1) is 0 Å². The van der Waals surface area contributed by atoms with Crippen molar-refractivity contribution >= 4 is 6.21 Å². The van der Waals surface area contributed by atoms with Crippen LogP contribution in [0, 0.1) is 0 Å². The van der Waals surface area contributed by atoms with E-state index in [0.29, 0.717) is 0 Å². The van der Waals surface area contributed by atoms with E-state index in [1.54, 1.807) is 6.21 Å². The van der Waals surface area contributed by atoms with Gasteiger partial charge < -0.3 is 4.74 Å². The molecule has 3 N–H and O–H groups in total. The molecule has 2 aliphatic rings. The fraction of sp³-hybridized carbons (Fsp3) is 0.300. The van der Waals surface area contributed by atoms with E-state index in [0.717, 1.165) is 5.75 Å². The first-order valence-corrected chi connectivity index (χ1v) is 4.65. The summed E-state index contributed by atoms with van der Waals surface area (Å²) in [6.45, 7) is 0. The number of para-hydroxylation sites is 1. The molecule has 0 aromatic heterocycles. The number of rotatable bonds is 0. The molecule has 0 aliphatic carbocycles. The van der Waals surface area contributed by atoms with Gasteiger partial charge in [-0.1, -0.05) is 18.2 Å². The number of aliphatic imine (C=N–C) groups is 1. The third-order valence-electron chi connectivity index (χ3n) is 2.59. The lowest BCUT2D eigenvalue weighted by Crippen LogP contribution is -2.46. The van der Waals surface area contributed by atoms with Gasteiger partial charge in [0.25, 0.3) is 0 Å². The molecule has 0 fully saturated rings. The van der Waals surface area contributed by atoms with Gasteiger partial charge in [0, 0.05) is 11.8 Å². The molecule has 14 heavy (non-hydrogen) atoms. The number of benzene rings is 1. The standard InChI is InChI=1S/C10H11N3O/c11-10-12-5-8-9(13-10)6-3-1-2-4-7(6)14-8/h1-5,8-10,13H,11H2. The van der Waals surface area contributed by atoms with Crippen LogP contribution < -0.4 is 15.8 Å². The molecule has 3 unspecified atom stereocenters. The molecule has 0 spiro atoms. The SMILES string of the molecule is NC1N=CC2Oc3ccccc3C2N1. The average molecular weight is 189 g/mol. The molecule has 0 radical (unpaired) electrons. The van der Waals surface area contributed by atoms with Gasteiger partial charge in [0.15, 0.2) is 12.4 Å². The average Bonchev–Trinajstić information content (AvgIpc) is 2.56. The Bertz CT molecular complexity index is 391. The summed E-state index contributed by atoms with van der Waals surface area (Å²) in [6, 6.07) is 8.14. The smallest absolute Gasteiger partial charge is 0.153 e. The van der Waals surface area contributed by atoms with Crippen LogP contribution in [0.15, 0.2) is 29.3 Å². The number of fused-ring (bicyclic) bond motifs is 3. The zero-order valence-electron chi connectivity index (χ0n) is 7.55. The maximum absolute atomic E-state index is 5.69. The molecule has 3 atom stereocenters. The number of nitrogens with two attached hydrogens (primary N) is 1. The van der Waals surface area contributed by atoms with Gasteiger partial charge in [-0.05, 0) is 6.07 Å². The lowest BCUT2D eigenvalue weighted by atomic mass is 10.0. The van der Waals surface area contributed by atoms with Crippen LogP contribution in [0.5, 0.6) is 5.75 Å². The van der Waals surface area contributed by atoms with E-state index in [2.05, 4.69) is 16.4 Å². The molecular formula is C10H11N3O. The molecule has 1 aromatic carbocycles. The third kappa shape index (κ3) is 1.05. The minimum absolute atomic E-state index is 0.00722. The van der Waals surface area contributed by atoms with Gasteiger partial charge in [0.05, 0.1) is 6.04 Å². The van der Waals surface area contributed by atoms with E-state index in [9.17, 15) is 0 Å². The second kappa shape index (κ2) is 2.80. The van der Waals surface area contributed by atoms with Gasteiger partial charge in [0.2, 0.25) is 0 Å². The van der Waals surface area contributed by atoms with Crippen LogP contribution in [-0.4, -0.2) is 18.6 Å². The van der Waals surface area contributed by atoms with Crippen molar-refractivity contribution in [3.8, 4) is 5.75 Å². The van der Waals surface area contributed by atoms with Crippen LogP contribution in [-0.2, 0) is 0 Å². The fourth-order valence-electron chi connectivity index (χ4n) is 1.94. The summed E-state index contributed by atoms with van der Waals surface area (Å²) in [5, 5.41) is 3.19. The van der Waals surface area contributed by atoms with Crippen LogP contribution in [0.1, 0.15) is 11.6 Å². The summed E-state index contributed by atoms with van der Waals surface area (Å²) in [4.78, 5) is 4.07. The van der Waals surface area contributed by atoms with Crippen molar-refractivity contribution in [2.75, 3.05) is 0 Å². The van der Waals surface area contributed by atoms with E-state index in [1.807, 2.05) is 18.2 Å². The predicted octanol–water partition coefficient (Wildman–Crippen LogP) is 0.405. The molecule has 0 bridgehead atoms. The largest absolute Gasteiger partial charge is 0.482 e. The Morgan fingerprint density at radius 3 is 3.14 bits per heavy atom. The lowest BCUT2D eigenvalue weighted by molar-refractivity contribution is 0.238. The molecule has 2 aliphatic heterocycles. The van der Waals surface area contributed by atoms with Crippen molar-refractivity contribution < 1.29 is 4.74 Å². The Hall–Kier alpha value is -1.39. The van der Waals surface area contributed by atoms with Crippen LogP contribution >= 0.6 is 0 Å². The van der Waals surface area contributed by atoms with Gasteiger partial charge in [0.1, 0.15) is 5.75 Å². The Kier molecular flexibility index (Phi) is 1.59. The van der Waals surface area contributed by atoms with Crippen molar-refractivity contribution in [3.05, 3.63) is 29.8 Å². The van der Waals surface area contributed by atoms with Gasteiger partial charge >= 0.3 is 0 Å². The van der Waals surface area contributed by atoms with Crippen molar-refractivity contribution in [2.45, 2.75) is 18.4 Å².